The van der Waals surface area contributed by atoms with E-state index in [9.17, 15) is 4.79 Å². The van der Waals surface area contributed by atoms with Gasteiger partial charge in [0.2, 0.25) is 0 Å². The summed E-state index contributed by atoms with van der Waals surface area (Å²) in [6.07, 6.45) is 0. The van der Waals surface area contributed by atoms with Crippen molar-refractivity contribution in [1.29, 1.82) is 0 Å². The van der Waals surface area contributed by atoms with Gasteiger partial charge in [0.1, 0.15) is 5.75 Å². The maximum Gasteiger partial charge on any atom is 0.251 e. The third-order valence-corrected chi connectivity index (χ3v) is 4.41. The van der Waals surface area contributed by atoms with Gasteiger partial charge in [-0.2, -0.15) is 0 Å². The molecule has 3 heteroatoms. The van der Waals surface area contributed by atoms with E-state index in [1.54, 1.807) is 7.11 Å². The molecule has 1 amide bonds. The fourth-order valence-electron chi connectivity index (χ4n) is 2.78. The maximum absolute atomic E-state index is 12.4. The topological polar surface area (TPSA) is 38.3 Å². The molecule has 0 aromatic heterocycles. The minimum atomic E-state index is -0.0361. The van der Waals surface area contributed by atoms with Gasteiger partial charge in [-0.3, -0.25) is 4.79 Å². The van der Waals surface area contributed by atoms with E-state index in [1.165, 1.54) is 0 Å². The molecule has 0 spiro atoms. The van der Waals surface area contributed by atoms with Crippen molar-refractivity contribution in [3.63, 3.8) is 0 Å². The molecule has 0 aliphatic carbocycles. The predicted octanol–water partition coefficient (Wildman–Crippen LogP) is 4.40. The van der Waals surface area contributed by atoms with Gasteiger partial charge in [-0.15, -0.1) is 0 Å². The zero-order valence-corrected chi connectivity index (χ0v) is 14.2. The molecule has 0 heterocycles. The first-order chi connectivity index (χ1) is 11.6. The van der Waals surface area contributed by atoms with Crippen LogP contribution < -0.4 is 10.1 Å². The van der Waals surface area contributed by atoms with E-state index in [0.717, 1.165) is 38.8 Å². The molecule has 0 aliphatic rings. The Bertz CT molecular complexity index is 899. The highest BCUT2D eigenvalue weighted by molar-refractivity contribution is 5.96. The summed E-state index contributed by atoms with van der Waals surface area (Å²) in [5.41, 5.74) is 3.97. The van der Waals surface area contributed by atoms with Crippen molar-refractivity contribution in [3.05, 3.63) is 76.9 Å². The Morgan fingerprint density at radius 2 is 1.75 bits per heavy atom. The van der Waals surface area contributed by atoms with Gasteiger partial charge in [-0.1, -0.05) is 30.3 Å². The van der Waals surface area contributed by atoms with Crippen molar-refractivity contribution in [3.8, 4) is 5.75 Å². The van der Waals surface area contributed by atoms with E-state index < -0.39 is 0 Å². The van der Waals surface area contributed by atoms with Crippen LogP contribution in [-0.4, -0.2) is 13.0 Å². The Labute approximate surface area is 142 Å². The first-order valence-corrected chi connectivity index (χ1v) is 7.99. The van der Waals surface area contributed by atoms with Crippen LogP contribution in [0.3, 0.4) is 0 Å². The van der Waals surface area contributed by atoms with Crippen LogP contribution in [-0.2, 0) is 6.54 Å². The highest BCUT2D eigenvalue weighted by Gasteiger charge is 2.09. The number of carbonyl (C=O) groups is 1. The van der Waals surface area contributed by atoms with Crippen LogP contribution in [0.1, 0.15) is 27.0 Å². The normalized spacial score (nSPS) is 10.6. The van der Waals surface area contributed by atoms with Crippen molar-refractivity contribution >= 4 is 16.7 Å². The second kappa shape index (κ2) is 6.75. The Kier molecular flexibility index (Phi) is 4.52. The average Bonchev–Trinajstić information content (AvgIpc) is 2.61. The molecule has 0 fully saturated rings. The summed E-state index contributed by atoms with van der Waals surface area (Å²) >= 11 is 0. The lowest BCUT2D eigenvalue weighted by atomic mass is 10.0. The van der Waals surface area contributed by atoms with E-state index in [2.05, 4.69) is 17.4 Å². The fourth-order valence-corrected chi connectivity index (χ4v) is 2.78. The second-order valence-corrected chi connectivity index (χ2v) is 5.98. The van der Waals surface area contributed by atoms with Crippen LogP contribution in [0.4, 0.5) is 0 Å². The molecular weight excluding hydrogens is 298 g/mol. The standard InChI is InChI=1S/C21H21NO2/c1-14-5-4-6-20(15(14)2)21(23)22-13-16-7-8-18-12-19(24-3)10-9-17(18)11-16/h4-12H,13H2,1-3H3,(H,22,23). The van der Waals surface area contributed by atoms with E-state index in [-0.39, 0.29) is 5.91 Å². The predicted molar refractivity (Wildman–Crippen MR) is 97.6 cm³/mol. The zero-order chi connectivity index (χ0) is 17.1. The van der Waals surface area contributed by atoms with E-state index in [4.69, 9.17) is 4.74 Å². The monoisotopic (exact) mass is 319 g/mol. The Morgan fingerprint density at radius 1 is 1.00 bits per heavy atom. The number of carbonyl (C=O) groups excluding carboxylic acids is 1. The third-order valence-electron chi connectivity index (χ3n) is 4.41. The second-order valence-electron chi connectivity index (χ2n) is 5.98. The lowest BCUT2D eigenvalue weighted by Gasteiger charge is -2.10. The van der Waals surface area contributed by atoms with Crippen LogP contribution >= 0.6 is 0 Å². The first kappa shape index (κ1) is 16.1. The van der Waals surface area contributed by atoms with Gasteiger partial charge in [0.05, 0.1) is 7.11 Å². The maximum atomic E-state index is 12.4. The van der Waals surface area contributed by atoms with Crippen molar-refractivity contribution in [2.75, 3.05) is 7.11 Å². The van der Waals surface area contributed by atoms with Gasteiger partial charge >= 0.3 is 0 Å². The Morgan fingerprint density at radius 3 is 2.54 bits per heavy atom. The number of methoxy groups -OCH3 is 1. The van der Waals surface area contributed by atoms with Crippen LogP contribution in [0, 0.1) is 13.8 Å². The Balaban J connectivity index is 1.75. The minimum Gasteiger partial charge on any atom is -0.497 e. The molecule has 0 saturated heterocycles. The third kappa shape index (κ3) is 3.25. The SMILES string of the molecule is COc1ccc2cc(CNC(=O)c3cccc(C)c3C)ccc2c1. The molecule has 3 rings (SSSR count). The number of hydrogen-bond donors (Lipinski definition) is 1. The molecule has 122 valence electrons. The smallest absolute Gasteiger partial charge is 0.251 e. The summed E-state index contributed by atoms with van der Waals surface area (Å²) in [6.45, 7) is 4.51. The highest BCUT2D eigenvalue weighted by Crippen LogP contribution is 2.22. The van der Waals surface area contributed by atoms with Crippen molar-refractivity contribution < 1.29 is 9.53 Å². The summed E-state index contributed by atoms with van der Waals surface area (Å²) in [6, 6.07) is 18.0. The lowest BCUT2D eigenvalue weighted by molar-refractivity contribution is 0.0950. The molecule has 3 nitrogen and oxygen atoms in total. The lowest BCUT2D eigenvalue weighted by Crippen LogP contribution is -2.23. The van der Waals surface area contributed by atoms with Gasteiger partial charge in [0.25, 0.3) is 5.91 Å². The molecule has 24 heavy (non-hydrogen) atoms. The Hall–Kier alpha value is -2.81. The van der Waals surface area contributed by atoms with E-state index in [1.807, 2.05) is 56.3 Å². The molecule has 0 radical (unpaired) electrons. The summed E-state index contributed by atoms with van der Waals surface area (Å²) in [7, 11) is 1.67. The van der Waals surface area contributed by atoms with Crippen LogP contribution in [0.2, 0.25) is 0 Å². The average molecular weight is 319 g/mol. The summed E-state index contributed by atoms with van der Waals surface area (Å²) < 4.78 is 5.24. The molecule has 1 N–H and O–H groups in total. The summed E-state index contributed by atoms with van der Waals surface area (Å²) in [5.74, 6) is 0.810. The van der Waals surface area contributed by atoms with Crippen molar-refractivity contribution in [2.45, 2.75) is 20.4 Å². The molecule has 0 unspecified atom stereocenters. The van der Waals surface area contributed by atoms with Crippen LogP contribution in [0.5, 0.6) is 5.75 Å². The number of benzene rings is 3. The molecule has 0 atom stereocenters. The molecular formula is C21H21NO2. The number of rotatable bonds is 4. The van der Waals surface area contributed by atoms with E-state index in [0.29, 0.717) is 6.54 Å². The van der Waals surface area contributed by atoms with Crippen LogP contribution in [0.15, 0.2) is 54.6 Å². The molecule has 3 aromatic rings. The molecule has 0 saturated carbocycles. The fraction of sp³-hybridized carbons (Fsp3) is 0.190. The van der Waals surface area contributed by atoms with Gasteiger partial charge in [-0.25, -0.2) is 0 Å². The zero-order valence-electron chi connectivity index (χ0n) is 14.2. The highest BCUT2D eigenvalue weighted by atomic mass is 16.5. The number of hydrogen-bond acceptors (Lipinski definition) is 2. The number of amides is 1. The minimum absolute atomic E-state index is 0.0361. The van der Waals surface area contributed by atoms with Crippen molar-refractivity contribution in [1.82, 2.24) is 5.32 Å². The molecule has 3 aromatic carbocycles. The summed E-state index contributed by atoms with van der Waals surface area (Å²) in [5, 5.41) is 5.26. The molecule has 0 bridgehead atoms. The summed E-state index contributed by atoms with van der Waals surface area (Å²) in [4.78, 5) is 12.4. The van der Waals surface area contributed by atoms with Gasteiger partial charge in [0, 0.05) is 12.1 Å². The number of fused-ring (bicyclic) bond motifs is 1. The van der Waals surface area contributed by atoms with Crippen molar-refractivity contribution in [2.24, 2.45) is 0 Å². The van der Waals surface area contributed by atoms with Crippen LogP contribution in [0.25, 0.3) is 10.8 Å². The van der Waals surface area contributed by atoms with Gasteiger partial charge in [0.15, 0.2) is 0 Å². The largest absolute Gasteiger partial charge is 0.497 e. The first-order valence-electron chi connectivity index (χ1n) is 7.99. The number of aryl methyl sites for hydroxylation is 1. The number of ether oxygens (including phenoxy) is 1. The quantitative estimate of drug-likeness (QED) is 0.774. The van der Waals surface area contributed by atoms with Gasteiger partial charge in [-0.05, 0) is 65.6 Å². The van der Waals surface area contributed by atoms with Gasteiger partial charge < -0.3 is 10.1 Å². The van der Waals surface area contributed by atoms with E-state index >= 15 is 0 Å². The number of nitrogens with one attached hydrogen (secondary N) is 1. The molecule has 0 aliphatic heterocycles.